The average molecular weight is 359 g/mol. The molecule has 1 amide bonds. The molecule has 2 aromatic rings. The summed E-state index contributed by atoms with van der Waals surface area (Å²) in [6.45, 7) is -0.671. The van der Waals surface area contributed by atoms with E-state index in [4.69, 9.17) is 15.6 Å². The van der Waals surface area contributed by atoms with Crippen molar-refractivity contribution in [2.45, 2.75) is 6.54 Å². The standard InChI is InChI=1S/C16H17N5O5/c17-5-6-20(9-14(23)24)13(22)8-21-7-12-15(19-16(21)25)18-10-3-1-2-4-11(10)26-12/h1-4,7H,5-6,8-9,17H2,(H,23,24)(H,18,19,25). The molecule has 3 rings (SSSR count). The zero-order valence-electron chi connectivity index (χ0n) is 13.7. The first-order valence-electron chi connectivity index (χ1n) is 7.83. The number of carbonyl (C=O) groups excluding carboxylic acids is 1. The number of nitrogens with zero attached hydrogens (tertiary/aromatic N) is 3. The minimum Gasteiger partial charge on any atom is -0.480 e. The third kappa shape index (κ3) is 3.64. The van der Waals surface area contributed by atoms with Gasteiger partial charge in [-0.25, -0.2) is 4.79 Å². The summed E-state index contributed by atoms with van der Waals surface area (Å²) in [6, 6.07) is 7.15. The monoisotopic (exact) mass is 359 g/mol. The lowest BCUT2D eigenvalue weighted by Gasteiger charge is -2.22. The summed E-state index contributed by atoms with van der Waals surface area (Å²) in [5, 5.41) is 11.9. The van der Waals surface area contributed by atoms with Crippen LogP contribution < -0.4 is 21.5 Å². The molecule has 0 fully saturated rings. The summed E-state index contributed by atoms with van der Waals surface area (Å²) >= 11 is 0. The van der Waals surface area contributed by atoms with Crippen LogP contribution in [0, 0.1) is 0 Å². The fraction of sp³-hybridized carbons (Fsp3) is 0.250. The number of fused-ring (bicyclic) bond motifs is 2. The predicted octanol–water partition coefficient (Wildman–Crippen LogP) is -0.0355. The Bertz CT molecular complexity index is 910. The largest absolute Gasteiger partial charge is 0.480 e. The van der Waals surface area contributed by atoms with Gasteiger partial charge in [0.05, 0.1) is 11.9 Å². The van der Waals surface area contributed by atoms with Crippen LogP contribution >= 0.6 is 0 Å². The molecular weight excluding hydrogens is 342 g/mol. The lowest BCUT2D eigenvalue weighted by atomic mass is 10.2. The van der Waals surface area contributed by atoms with Gasteiger partial charge in [-0.05, 0) is 12.1 Å². The summed E-state index contributed by atoms with van der Waals surface area (Å²) in [5.74, 6) is -0.604. The van der Waals surface area contributed by atoms with Gasteiger partial charge in [0.1, 0.15) is 13.1 Å². The van der Waals surface area contributed by atoms with Crippen LogP contribution in [-0.4, -0.2) is 51.1 Å². The Morgan fingerprint density at radius 3 is 2.81 bits per heavy atom. The van der Waals surface area contributed by atoms with Gasteiger partial charge in [0, 0.05) is 13.1 Å². The highest BCUT2D eigenvalue weighted by molar-refractivity contribution is 5.81. The number of para-hydroxylation sites is 2. The highest BCUT2D eigenvalue weighted by atomic mass is 16.5. The molecule has 1 aromatic carbocycles. The number of benzene rings is 1. The van der Waals surface area contributed by atoms with E-state index in [1.165, 1.54) is 6.20 Å². The number of aromatic nitrogens is 2. The van der Waals surface area contributed by atoms with Gasteiger partial charge in [-0.3, -0.25) is 14.2 Å². The number of hydrogen-bond donors (Lipinski definition) is 3. The van der Waals surface area contributed by atoms with E-state index in [0.29, 0.717) is 17.2 Å². The van der Waals surface area contributed by atoms with E-state index in [0.717, 1.165) is 9.47 Å². The molecule has 136 valence electrons. The van der Waals surface area contributed by atoms with Crippen LogP contribution in [0.4, 0.5) is 11.5 Å². The number of hydrogen-bond acceptors (Lipinski definition) is 7. The first-order valence-corrected chi connectivity index (χ1v) is 7.83. The molecule has 0 radical (unpaired) electrons. The van der Waals surface area contributed by atoms with E-state index < -0.39 is 24.1 Å². The zero-order valence-corrected chi connectivity index (χ0v) is 13.7. The van der Waals surface area contributed by atoms with Crippen molar-refractivity contribution in [3.63, 3.8) is 0 Å². The summed E-state index contributed by atoms with van der Waals surface area (Å²) < 4.78 is 6.78. The molecule has 1 aromatic heterocycles. The number of nitrogens with one attached hydrogen (secondary N) is 1. The summed E-state index contributed by atoms with van der Waals surface area (Å²) in [7, 11) is 0. The third-order valence-electron chi connectivity index (χ3n) is 3.70. The Morgan fingerprint density at radius 2 is 2.08 bits per heavy atom. The SMILES string of the molecule is NCCN(CC(=O)O)C(=O)Cn1cc2c(nc1=O)Nc1ccccc1O2. The lowest BCUT2D eigenvalue weighted by molar-refractivity contribution is -0.144. The second-order valence-corrected chi connectivity index (χ2v) is 5.59. The number of amides is 1. The van der Waals surface area contributed by atoms with Crippen molar-refractivity contribution in [3.05, 3.63) is 40.9 Å². The smallest absolute Gasteiger partial charge is 0.350 e. The van der Waals surface area contributed by atoms with Crippen LogP contribution in [0.5, 0.6) is 11.5 Å². The minimum atomic E-state index is -1.16. The average Bonchev–Trinajstić information content (AvgIpc) is 2.60. The number of aliphatic carboxylic acids is 1. The van der Waals surface area contributed by atoms with Crippen LogP contribution in [0.2, 0.25) is 0 Å². The second-order valence-electron chi connectivity index (χ2n) is 5.59. The maximum Gasteiger partial charge on any atom is 0.350 e. The molecule has 26 heavy (non-hydrogen) atoms. The molecule has 2 heterocycles. The molecule has 10 nitrogen and oxygen atoms in total. The molecule has 0 spiro atoms. The molecule has 0 bridgehead atoms. The quantitative estimate of drug-likeness (QED) is 0.557. The van der Waals surface area contributed by atoms with E-state index in [-0.39, 0.29) is 25.5 Å². The third-order valence-corrected chi connectivity index (χ3v) is 3.70. The van der Waals surface area contributed by atoms with Gasteiger partial charge in [-0.2, -0.15) is 4.98 Å². The van der Waals surface area contributed by atoms with E-state index in [1.54, 1.807) is 18.2 Å². The van der Waals surface area contributed by atoms with Crippen molar-refractivity contribution >= 4 is 23.4 Å². The van der Waals surface area contributed by atoms with Gasteiger partial charge in [0.15, 0.2) is 17.3 Å². The Balaban J connectivity index is 1.83. The number of carboxylic acids is 1. The fourth-order valence-electron chi connectivity index (χ4n) is 2.51. The maximum absolute atomic E-state index is 12.3. The normalized spacial score (nSPS) is 11.6. The summed E-state index contributed by atoms with van der Waals surface area (Å²) in [4.78, 5) is 40.3. The van der Waals surface area contributed by atoms with Gasteiger partial charge >= 0.3 is 11.7 Å². The van der Waals surface area contributed by atoms with E-state index >= 15 is 0 Å². The van der Waals surface area contributed by atoms with Crippen LogP contribution in [0.25, 0.3) is 0 Å². The van der Waals surface area contributed by atoms with Crippen LogP contribution in [0.15, 0.2) is 35.3 Å². The van der Waals surface area contributed by atoms with Gasteiger partial charge in [-0.15, -0.1) is 0 Å². The van der Waals surface area contributed by atoms with E-state index in [2.05, 4.69) is 10.3 Å². The van der Waals surface area contributed by atoms with E-state index in [1.807, 2.05) is 6.07 Å². The number of nitrogens with two attached hydrogens (primary N) is 1. The van der Waals surface area contributed by atoms with Gasteiger partial charge in [0.25, 0.3) is 0 Å². The first-order chi connectivity index (χ1) is 12.5. The van der Waals surface area contributed by atoms with Gasteiger partial charge in [-0.1, -0.05) is 12.1 Å². The van der Waals surface area contributed by atoms with Crippen molar-refractivity contribution in [1.29, 1.82) is 0 Å². The number of anilines is 2. The first kappa shape index (κ1) is 17.4. The van der Waals surface area contributed by atoms with E-state index in [9.17, 15) is 14.4 Å². The molecule has 0 aliphatic carbocycles. The van der Waals surface area contributed by atoms with Crippen molar-refractivity contribution in [2.75, 3.05) is 25.0 Å². The molecule has 0 saturated heterocycles. The number of carboxylic acid groups (broad SMARTS) is 1. The Morgan fingerprint density at radius 1 is 1.31 bits per heavy atom. The maximum atomic E-state index is 12.3. The van der Waals surface area contributed by atoms with Crippen molar-refractivity contribution in [2.24, 2.45) is 5.73 Å². The van der Waals surface area contributed by atoms with Gasteiger partial charge in [0.2, 0.25) is 5.91 Å². The van der Waals surface area contributed by atoms with Gasteiger partial charge < -0.3 is 25.8 Å². The lowest BCUT2D eigenvalue weighted by Crippen LogP contribution is -2.42. The molecule has 1 aliphatic rings. The zero-order chi connectivity index (χ0) is 18.7. The number of rotatable bonds is 6. The highest BCUT2D eigenvalue weighted by Gasteiger charge is 2.21. The predicted molar refractivity (Wildman–Crippen MR) is 91.6 cm³/mol. The molecule has 10 heteroatoms. The minimum absolute atomic E-state index is 0.0731. The molecule has 0 saturated carbocycles. The molecule has 4 N–H and O–H groups in total. The summed E-state index contributed by atoms with van der Waals surface area (Å²) in [5.41, 5.74) is 5.43. The number of ether oxygens (including phenoxy) is 1. The van der Waals surface area contributed by atoms with Crippen molar-refractivity contribution in [1.82, 2.24) is 14.5 Å². The molecule has 0 unspecified atom stereocenters. The van der Waals surface area contributed by atoms with Crippen LogP contribution in [0.3, 0.4) is 0 Å². The Kier molecular flexibility index (Phi) is 4.85. The second kappa shape index (κ2) is 7.23. The Hall–Kier alpha value is -3.40. The fourth-order valence-corrected chi connectivity index (χ4v) is 2.51. The van der Waals surface area contributed by atoms with Crippen LogP contribution in [-0.2, 0) is 16.1 Å². The van der Waals surface area contributed by atoms with Crippen LogP contribution in [0.1, 0.15) is 0 Å². The highest BCUT2D eigenvalue weighted by Crippen LogP contribution is 2.39. The topological polar surface area (TPSA) is 140 Å². The molecular formula is C16H17N5O5. The summed E-state index contributed by atoms with van der Waals surface area (Å²) in [6.07, 6.45) is 1.37. The van der Waals surface area contributed by atoms with Crippen molar-refractivity contribution in [3.8, 4) is 11.5 Å². The Labute approximate surface area is 147 Å². The van der Waals surface area contributed by atoms with Crippen molar-refractivity contribution < 1.29 is 19.4 Å². The number of carbonyl (C=O) groups is 2. The molecule has 0 atom stereocenters. The molecule has 1 aliphatic heterocycles.